The average Bonchev–Trinajstić information content (AvgIpc) is 1.95. The first-order chi connectivity index (χ1) is 7.17. The monoisotopic (exact) mass is 224 g/mol. The lowest BCUT2D eigenvalue weighted by atomic mass is 9.74. The predicted molar refractivity (Wildman–Crippen MR) is 57.5 cm³/mol. The Bertz CT molecular complexity index is 374. The smallest absolute Gasteiger partial charge is 0.134 e. The van der Waals surface area contributed by atoms with E-state index in [0.29, 0.717) is 10.6 Å². The molecule has 1 aromatic heterocycles. The molecule has 2 aliphatic heterocycles. The van der Waals surface area contributed by atoms with Crippen molar-refractivity contribution in [3.63, 3.8) is 0 Å². The van der Waals surface area contributed by atoms with Crippen LogP contribution in [0.3, 0.4) is 0 Å². The van der Waals surface area contributed by atoms with E-state index < -0.39 is 0 Å². The Balaban J connectivity index is 1.77. The zero-order valence-electron chi connectivity index (χ0n) is 8.57. The highest BCUT2D eigenvalue weighted by atomic mass is 35.5. The minimum absolute atomic E-state index is 0.450. The summed E-state index contributed by atoms with van der Waals surface area (Å²) in [5.41, 5.74) is 0.450. The molecule has 0 aliphatic carbocycles. The SMILES string of the molecule is Cc1nc(Cl)cc(N2CC3([CH-][NH2+]C3)C2)n1. The fourth-order valence-corrected chi connectivity index (χ4v) is 2.46. The molecule has 2 N–H and O–H groups in total. The van der Waals surface area contributed by atoms with Gasteiger partial charge in [-0.25, -0.2) is 9.97 Å². The summed E-state index contributed by atoms with van der Waals surface area (Å²) in [5.74, 6) is 1.70. The van der Waals surface area contributed by atoms with Crippen molar-refractivity contribution in [3.8, 4) is 0 Å². The maximum atomic E-state index is 5.90. The average molecular weight is 225 g/mol. The summed E-state index contributed by atoms with van der Waals surface area (Å²) in [6, 6.07) is 1.84. The number of hydrogen-bond acceptors (Lipinski definition) is 3. The summed E-state index contributed by atoms with van der Waals surface area (Å²) in [6.07, 6.45) is 0. The van der Waals surface area contributed by atoms with Crippen molar-refractivity contribution in [2.24, 2.45) is 5.41 Å². The second kappa shape index (κ2) is 3.06. The lowest BCUT2D eigenvalue weighted by Gasteiger charge is -2.60. The van der Waals surface area contributed by atoms with Gasteiger partial charge in [0.05, 0.1) is 0 Å². The molecule has 2 aliphatic rings. The molecule has 4 nitrogen and oxygen atoms in total. The Morgan fingerprint density at radius 1 is 1.53 bits per heavy atom. The number of anilines is 1. The number of aromatic nitrogens is 2. The van der Waals surface area contributed by atoms with Gasteiger partial charge in [-0.2, -0.15) is 0 Å². The first-order valence-electron chi connectivity index (χ1n) is 5.11. The topological polar surface area (TPSA) is 45.6 Å². The van der Waals surface area contributed by atoms with Crippen molar-refractivity contribution in [2.45, 2.75) is 6.92 Å². The van der Waals surface area contributed by atoms with Gasteiger partial charge in [0.2, 0.25) is 0 Å². The molecule has 0 unspecified atom stereocenters. The second-order valence-electron chi connectivity index (χ2n) is 4.42. The Hall–Kier alpha value is -0.870. The maximum absolute atomic E-state index is 5.90. The van der Waals surface area contributed by atoms with E-state index in [9.17, 15) is 0 Å². The third kappa shape index (κ3) is 1.48. The molecule has 2 saturated heterocycles. The molecule has 0 bridgehead atoms. The van der Waals surface area contributed by atoms with E-state index in [1.54, 1.807) is 0 Å². The van der Waals surface area contributed by atoms with Crippen LogP contribution < -0.4 is 10.2 Å². The molecule has 1 aromatic rings. The van der Waals surface area contributed by atoms with Gasteiger partial charge in [0.1, 0.15) is 16.8 Å². The molecular weight excluding hydrogens is 212 g/mol. The van der Waals surface area contributed by atoms with Crippen LogP contribution in [0.1, 0.15) is 5.82 Å². The van der Waals surface area contributed by atoms with Gasteiger partial charge in [-0.3, -0.25) is 0 Å². The van der Waals surface area contributed by atoms with Crippen LogP contribution in [0, 0.1) is 18.9 Å². The first kappa shape index (κ1) is 9.36. The number of nitrogens with two attached hydrogens (primary N) is 1. The molecule has 3 heterocycles. The lowest BCUT2D eigenvalue weighted by molar-refractivity contribution is -0.699. The Labute approximate surface area is 93.7 Å². The summed E-state index contributed by atoms with van der Waals surface area (Å²) in [4.78, 5) is 10.7. The van der Waals surface area contributed by atoms with Crippen molar-refractivity contribution in [3.05, 3.63) is 23.6 Å². The highest BCUT2D eigenvalue weighted by Crippen LogP contribution is 2.36. The Morgan fingerprint density at radius 2 is 2.27 bits per heavy atom. The van der Waals surface area contributed by atoms with Crippen LogP contribution in [-0.2, 0) is 0 Å². The highest BCUT2D eigenvalue weighted by molar-refractivity contribution is 6.29. The molecule has 0 atom stereocenters. The first-order valence-corrected chi connectivity index (χ1v) is 5.49. The summed E-state index contributed by atoms with van der Waals surface area (Å²) in [6.45, 7) is 7.52. The van der Waals surface area contributed by atoms with Crippen LogP contribution in [0.4, 0.5) is 5.82 Å². The fraction of sp³-hybridized carbons (Fsp3) is 0.500. The molecule has 80 valence electrons. The Morgan fingerprint density at radius 3 is 2.80 bits per heavy atom. The van der Waals surface area contributed by atoms with Crippen molar-refractivity contribution in [2.75, 3.05) is 24.5 Å². The molecule has 5 heteroatoms. The zero-order chi connectivity index (χ0) is 10.5. The molecule has 15 heavy (non-hydrogen) atoms. The van der Waals surface area contributed by atoms with Crippen molar-refractivity contribution in [1.82, 2.24) is 9.97 Å². The second-order valence-corrected chi connectivity index (χ2v) is 4.81. The molecule has 0 aromatic carbocycles. The van der Waals surface area contributed by atoms with Crippen LogP contribution in [0.5, 0.6) is 0 Å². The standard InChI is InChI=1S/C10H13ClN4/c1-7-13-8(11)2-9(14-7)15-5-10(6-15)3-12-4-10/h2-3H,4-6,12H2,1H3. The third-order valence-corrected chi connectivity index (χ3v) is 3.32. The van der Waals surface area contributed by atoms with Crippen LogP contribution in [0.2, 0.25) is 5.15 Å². The van der Waals surface area contributed by atoms with Gasteiger partial charge >= 0.3 is 0 Å². The molecule has 1 spiro atoms. The molecule has 0 amide bonds. The largest absolute Gasteiger partial charge is 0.477 e. The number of aryl methyl sites for hydroxylation is 1. The van der Waals surface area contributed by atoms with Gasteiger partial charge in [-0.05, 0) is 12.3 Å². The van der Waals surface area contributed by atoms with Gasteiger partial charge in [-0.1, -0.05) is 11.6 Å². The number of halogens is 1. The van der Waals surface area contributed by atoms with Crippen molar-refractivity contribution < 1.29 is 5.32 Å². The number of nitrogens with zero attached hydrogens (tertiary/aromatic N) is 3. The number of quaternary nitrogens is 1. The number of hydrogen-bond donors (Lipinski definition) is 1. The van der Waals surface area contributed by atoms with E-state index in [1.165, 1.54) is 6.54 Å². The predicted octanol–water partition coefficient (Wildman–Crippen LogP) is -0.0164. The molecule has 3 rings (SSSR count). The summed E-state index contributed by atoms with van der Waals surface area (Å²) in [7, 11) is 0. The van der Waals surface area contributed by atoms with E-state index >= 15 is 0 Å². The minimum Gasteiger partial charge on any atom is -0.477 e. The summed E-state index contributed by atoms with van der Waals surface area (Å²) in [5, 5.41) is 2.76. The van der Waals surface area contributed by atoms with Crippen molar-refractivity contribution >= 4 is 17.4 Å². The van der Waals surface area contributed by atoms with Gasteiger partial charge in [-0.15, -0.1) is 6.54 Å². The van der Waals surface area contributed by atoms with Crippen molar-refractivity contribution in [1.29, 1.82) is 0 Å². The molecule has 2 fully saturated rings. The zero-order valence-corrected chi connectivity index (χ0v) is 9.33. The van der Waals surface area contributed by atoms with Gasteiger partial charge in [0.25, 0.3) is 0 Å². The lowest BCUT2D eigenvalue weighted by Crippen LogP contribution is -3.00. The van der Waals surface area contributed by atoms with Gasteiger partial charge < -0.3 is 10.2 Å². The quantitative estimate of drug-likeness (QED) is 0.539. The molecule has 0 saturated carbocycles. The Kier molecular flexibility index (Phi) is 1.91. The van der Waals surface area contributed by atoms with E-state index in [2.05, 4.69) is 26.7 Å². The number of rotatable bonds is 1. The fourth-order valence-electron chi connectivity index (χ4n) is 2.24. The van der Waals surface area contributed by atoms with E-state index in [1.807, 2.05) is 13.0 Å². The van der Waals surface area contributed by atoms with Crippen LogP contribution in [0.15, 0.2) is 6.07 Å². The maximum Gasteiger partial charge on any atom is 0.134 e. The third-order valence-electron chi connectivity index (χ3n) is 3.12. The van der Waals surface area contributed by atoms with E-state index in [-0.39, 0.29) is 0 Å². The summed E-state index contributed by atoms with van der Waals surface area (Å²) >= 11 is 5.90. The molecular formula is C10H13ClN4. The van der Waals surface area contributed by atoms with Crippen LogP contribution in [-0.4, -0.2) is 29.6 Å². The molecule has 0 radical (unpaired) electrons. The van der Waals surface area contributed by atoms with E-state index in [0.717, 1.165) is 24.7 Å². The normalized spacial score (nSPS) is 22.4. The summed E-state index contributed by atoms with van der Waals surface area (Å²) < 4.78 is 0. The van der Waals surface area contributed by atoms with Gasteiger partial charge in [0, 0.05) is 25.7 Å². The van der Waals surface area contributed by atoms with E-state index in [4.69, 9.17) is 11.6 Å². The van der Waals surface area contributed by atoms with Crippen LogP contribution >= 0.6 is 11.6 Å². The van der Waals surface area contributed by atoms with Crippen LogP contribution in [0.25, 0.3) is 0 Å². The minimum atomic E-state index is 0.450. The van der Waals surface area contributed by atoms with Gasteiger partial charge in [0.15, 0.2) is 0 Å². The highest BCUT2D eigenvalue weighted by Gasteiger charge is 2.44.